The lowest BCUT2D eigenvalue weighted by atomic mass is 10.0. The summed E-state index contributed by atoms with van der Waals surface area (Å²) in [5.74, 6) is -11.3. The smallest absolute Gasteiger partial charge is 0.303 e. The first kappa shape index (κ1) is 57.7. The summed E-state index contributed by atoms with van der Waals surface area (Å²) in [7, 11) is 0. The maximum absolute atomic E-state index is 14.2. The Labute approximate surface area is 396 Å². The third-order valence-corrected chi connectivity index (χ3v) is 10.7. The van der Waals surface area contributed by atoms with E-state index >= 15 is 0 Å². The number of aliphatic carboxylic acids is 1. The lowest BCUT2D eigenvalue weighted by molar-refractivity contribution is -0.141. The molecule has 1 aliphatic rings. The standard InChI is InChI=1S/C40H66N16O13/c1-19(2)31(38(68)50-22(32(44)62)7-10-28(42)58)55-35(65)23(5-3-13-48-40(45)46)51-33(63)24(8-11-29(43)59)52-36(66)26(15-20-16-47-18-49-20)54-34(64)25(9-12-30(60)61)53-37(67)27-6-4-14-56(27)39(69)21(41)17-57/h16,18-19,21-27,31,57H,3-15,17,41H2,1-2H3,(H2,42,58)(H2,43,59)(H2,44,62)(H,47,49)(H,50,68)(H,51,63)(H,52,66)(H,53,67)(H,54,64)(H,55,65)(H,60,61)(H4,45,46,48)/t21-,22-,23-,24-,25-,26-,27-,31-/m0/s1. The molecule has 0 unspecified atom stereocenters. The van der Waals surface area contributed by atoms with E-state index in [1.807, 2.05) is 0 Å². The second kappa shape index (κ2) is 28.7. The van der Waals surface area contributed by atoms with Crippen LogP contribution >= 0.6 is 0 Å². The van der Waals surface area contributed by atoms with E-state index < -0.39 is 152 Å². The molecule has 0 bridgehead atoms. The lowest BCUT2D eigenvalue weighted by Crippen LogP contribution is -2.61. The average molecular weight is 979 g/mol. The Hall–Kier alpha value is -7.43. The summed E-state index contributed by atoms with van der Waals surface area (Å²) in [5, 5.41) is 33.7. The molecule has 0 radical (unpaired) electrons. The van der Waals surface area contributed by atoms with Crippen molar-refractivity contribution >= 4 is 71.0 Å². The number of aromatic amines is 1. The minimum Gasteiger partial charge on any atom is -0.481 e. The van der Waals surface area contributed by atoms with E-state index in [-0.39, 0.29) is 63.3 Å². The largest absolute Gasteiger partial charge is 0.481 e. The number of aliphatic hydroxyl groups is 1. The molecule has 1 aromatic rings. The number of aromatic nitrogens is 2. The summed E-state index contributed by atoms with van der Waals surface area (Å²) in [4.78, 5) is 155. The molecule has 8 atom stereocenters. The number of carbonyl (C=O) groups excluding carboxylic acids is 10. The average Bonchev–Trinajstić information content (AvgIpc) is 3.99. The fourth-order valence-corrected chi connectivity index (χ4v) is 6.99. The van der Waals surface area contributed by atoms with Gasteiger partial charge in [-0.3, -0.25) is 57.7 Å². The van der Waals surface area contributed by atoms with Crippen molar-refractivity contribution in [3.05, 3.63) is 18.2 Å². The number of carboxylic acid groups (broad SMARTS) is 1. The molecule has 2 heterocycles. The number of carboxylic acids is 1. The number of rotatable bonds is 31. The van der Waals surface area contributed by atoms with E-state index in [2.05, 4.69) is 46.9 Å². The molecule has 0 aliphatic carbocycles. The van der Waals surface area contributed by atoms with Crippen LogP contribution in [-0.2, 0) is 59.2 Å². The first-order valence-corrected chi connectivity index (χ1v) is 22.0. The topological polar surface area (TPSA) is 501 Å². The molecule has 21 N–H and O–H groups in total. The Morgan fingerprint density at radius 2 is 1.26 bits per heavy atom. The third-order valence-electron chi connectivity index (χ3n) is 10.7. The van der Waals surface area contributed by atoms with Gasteiger partial charge in [0.25, 0.3) is 0 Å². The van der Waals surface area contributed by atoms with Crippen LogP contribution in [0.4, 0.5) is 0 Å². The first-order chi connectivity index (χ1) is 32.4. The normalized spacial score (nSPS) is 16.2. The van der Waals surface area contributed by atoms with Gasteiger partial charge in [0.05, 0.1) is 12.9 Å². The maximum Gasteiger partial charge on any atom is 0.303 e. The first-order valence-electron chi connectivity index (χ1n) is 22.0. The number of hydrogen-bond donors (Lipinski definition) is 15. The Balaban J connectivity index is 2.46. The lowest BCUT2D eigenvalue weighted by Gasteiger charge is -2.29. The van der Waals surface area contributed by atoms with Crippen LogP contribution in [0, 0.1) is 5.92 Å². The molecule has 1 saturated heterocycles. The highest BCUT2D eigenvalue weighted by Gasteiger charge is 2.39. The minimum atomic E-state index is -1.64. The van der Waals surface area contributed by atoms with Gasteiger partial charge < -0.3 is 86.4 Å². The van der Waals surface area contributed by atoms with Crippen LogP contribution in [0.2, 0.25) is 0 Å². The number of nitrogens with two attached hydrogens (primary N) is 6. The summed E-state index contributed by atoms with van der Waals surface area (Å²) in [5.41, 5.74) is 32.9. The minimum absolute atomic E-state index is 0.0180. The number of H-pyrrole nitrogens is 1. The summed E-state index contributed by atoms with van der Waals surface area (Å²) >= 11 is 0. The highest BCUT2D eigenvalue weighted by Crippen LogP contribution is 2.19. The molecule has 69 heavy (non-hydrogen) atoms. The number of hydrogen-bond acceptors (Lipinski definition) is 15. The summed E-state index contributed by atoms with van der Waals surface area (Å²) in [6.45, 7) is 2.54. The van der Waals surface area contributed by atoms with Crippen molar-refractivity contribution in [2.24, 2.45) is 45.3 Å². The number of imidazole rings is 1. The Morgan fingerprint density at radius 3 is 1.78 bits per heavy atom. The van der Waals surface area contributed by atoms with Gasteiger partial charge >= 0.3 is 5.97 Å². The maximum atomic E-state index is 14.2. The molecule has 1 aliphatic heterocycles. The quantitative estimate of drug-likeness (QED) is 0.0187. The molecular weight excluding hydrogens is 913 g/mol. The number of amides is 10. The number of aliphatic imine (C=N–C) groups is 1. The third kappa shape index (κ3) is 20.1. The molecule has 384 valence electrons. The van der Waals surface area contributed by atoms with E-state index in [9.17, 15) is 63.0 Å². The summed E-state index contributed by atoms with van der Waals surface area (Å²) in [6, 6.07) is -11.4. The van der Waals surface area contributed by atoms with E-state index in [4.69, 9.17) is 34.4 Å². The predicted octanol–water partition coefficient (Wildman–Crippen LogP) is -7.24. The van der Waals surface area contributed by atoms with Crippen molar-refractivity contribution in [2.45, 2.75) is 133 Å². The Morgan fingerprint density at radius 1 is 0.739 bits per heavy atom. The number of guanidine groups is 1. The van der Waals surface area contributed by atoms with Crippen LogP contribution in [0.25, 0.3) is 0 Å². The van der Waals surface area contributed by atoms with E-state index in [1.54, 1.807) is 13.8 Å². The molecule has 29 heteroatoms. The number of aliphatic hydroxyl groups excluding tert-OH is 1. The predicted molar refractivity (Wildman–Crippen MR) is 241 cm³/mol. The van der Waals surface area contributed by atoms with Gasteiger partial charge in [-0.1, -0.05) is 13.8 Å². The highest BCUT2D eigenvalue weighted by molar-refractivity contribution is 5.98. The van der Waals surface area contributed by atoms with Gasteiger partial charge in [-0.2, -0.15) is 0 Å². The zero-order valence-electron chi connectivity index (χ0n) is 38.4. The van der Waals surface area contributed by atoms with Crippen molar-refractivity contribution in [1.29, 1.82) is 0 Å². The molecule has 2 rings (SSSR count). The van der Waals surface area contributed by atoms with Crippen LogP contribution in [0.15, 0.2) is 17.5 Å². The van der Waals surface area contributed by atoms with Crippen molar-refractivity contribution in [2.75, 3.05) is 19.7 Å². The Bertz CT molecular complexity index is 2010. The van der Waals surface area contributed by atoms with Crippen LogP contribution in [0.3, 0.4) is 0 Å². The second-order valence-corrected chi connectivity index (χ2v) is 16.6. The summed E-state index contributed by atoms with van der Waals surface area (Å²) in [6.07, 6.45) is 0.192. The van der Waals surface area contributed by atoms with Crippen molar-refractivity contribution in [3.8, 4) is 0 Å². The number of likely N-dealkylation sites (tertiary alicyclic amines) is 1. The fraction of sp³-hybridized carbons (Fsp3) is 0.625. The number of nitrogens with one attached hydrogen (secondary N) is 7. The van der Waals surface area contributed by atoms with Crippen molar-refractivity contribution in [1.82, 2.24) is 46.8 Å². The van der Waals surface area contributed by atoms with Crippen LogP contribution in [0.1, 0.15) is 83.7 Å². The van der Waals surface area contributed by atoms with Crippen molar-refractivity contribution < 1.29 is 63.0 Å². The van der Waals surface area contributed by atoms with Gasteiger partial charge in [-0.25, -0.2) is 4.98 Å². The second-order valence-electron chi connectivity index (χ2n) is 16.6. The number of carbonyl (C=O) groups is 11. The van der Waals surface area contributed by atoms with Crippen molar-refractivity contribution in [3.63, 3.8) is 0 Å². The molecule has 0 spiro atoms. The van der Waals surface area contributed by atoms with Crippen LogP contribution in [-0.4, -0.2) is 164 Å². The van der Waals surface area contributed by atoms with E-state index in [1.165, 1.54) is 12.5 Å². The highest BCUT2D eigenvalue weighted by atomic mass is 16.4. The molecule has 29 nitrogen and oxygen atoms in total. The molecule has 0 saturated carbocycles. The number of primary amides is 3. The van der Waals surface area contributed by atoms with Gasteiger partial charge in [-0.15, -0.1) is 0 Å². The van der Waals surface area contributed by atoms with Gasteiger partial charge in [-0.05, 0) is 50.9 Å². The monoisotopic (exact) mass is 978 g/mol. The zero-order valence-corrected chi connectivity index (χ0v) is 38.4. The molecule has 1 fully saturated rings. The number of nitrogens with zero attached hydrogens (tertiary/aromatic N) is 3. The van der Waals surface area contributed by atoms with Crippen LogP contribution in [0.5, 0.6) is 0 Å². The van der Waals surface area contributed by atoms with E-state index in [0.717, 1.165) is 4.90 Å². The SMILES string of the molecule is CC(C)[C@H](NC(=O)[C@H](CCCN=C(N)N)NC(=O)[C@H](CCC(N)=O)NC(=O)[C@H](Cc1cnc[nH]1)NC(=O)[C@H](CCC(=O)O)NC(=O)[C@@H]1CCCN1C(=O)[C@@H](N)CO)C(=O)N[C@@H](CCC(N)=O)C(N)=O. The molecule has 0 aromatic carbocycles. The Kier molecular flexibility index (Phi) is 24.0. The van der Waals surface area contributed by atoms with Crippen LogP contribution < -0.4 is 66.3 Å². The zero-order chi connectivity index (χ0) is 52.0. The van der Waals surface area contributed by atoms with Gasteiger partial charge in [0.15, 0.2) is 5.96 Å². The fourth-order valence-electron chi connectivity index (χ4n) is 6.99. The molecule has 1 aromatic heterocycles. The van der Waals surface area contributed by atoms with Gasteiger partial charge in [0.2, 0.25) is 59.1 Å². The summed E-state index contributed by atoms with van der Waals surface area (Å²) < 4.78 is 0. The van der Waals surface area contributed by atoms with E-state index in [0.29, 0.717) is 6.42 Å². The molecular formula is C40H66N16O13. The van der Waals surface area contributed by atoms with Gasteiger partial charge in [0, 0.05) is 50.7 Å². The van der Waals surface area contributed by atoms with Gasteiger partial charge in [0.1, 0.15) is 48.3 Å². The molecule has 10 amide bonds.